The van der Waals surface area contributed by atoms with Crippen molar-refractivity contribution < 1.29 is 0 Å². The van der Waals surface area contributed by atoms with Crippen molar-refractivity contribution in [1.82, 2.24) is 21.3 Å². The molecule has 4 spiro atoms. The van der Waals surface area contributed by atoms with Crippen molar-refractivity contribution in [3.8, 4) is 0 Å². The van der Waals surface area contributed by atoms with Crippen LogP contribution in [0.5, 0.6) is 0 Å². The van der Waals surface area contributed by atoms with Crippen LogP contribution in [0.2, 0.25) is 0 Å². The van der Waals surface area contributed by atoms with E-state index in [9.17, 15) is 0 Å². The average molecular weight is 685 g/mol. The van der Waals surface area contributed by atoms with Gasteiger partial charge in [0.15, 0.2) is 0 Å². The molecule has 0 unspecified atom stereocenters. The minimum absolute atomic E-state index is 0.00434. The molecule has 272 valence electrons. The summed E-state index contributed by atoms with van der Waals surface area (Å²) in [7, 11) is 0. The molecule has 0 aromatic rings. The summed E-state index contributed by atoms with van der Waals surface area (Å²) in [4.78, 5) is 41.1. The Morgan fingerprint density at radius 2 is 0.460 bits per heavy atom. The second-order valence-electron chi connectivity index (χ2n) is 15.4. The molecule has 6 aliphatic rings. The van der Waals surface area contributed by atoms with Gasteiger partial charge >= 0.3 is 0 Å². The summed E-state index contributed by atoms with van der Waals surface area (Å²) >= 11 is 0. The molecule has 2 saturated carbocycles. The van der Waals surface area contributed by atoms with Crippen LogP contribution in [0.4, 0.5) is 0 Å². The molecule has 4 aliphatic heterocycles. The Morgan fingerprint density at radius 1 is 0.280 bits per heavy atom. The lowest BCUT2D eigenvalue weighted by atomic mass is 9.46. The summed E-state index contributed by atoms with van der Waals surface area (Å²) in [5.41, 5.74) is -1.81. The monoisotopic (exact) mass is 685 g/mol. The van der Waals surface area contributed by atoms with Crippen molar-refractivity contribution in [3.05, 3.63) is 0 Å². The molecule has 12 heteroatoms. The molecule has 6 rings (SSSR count). The molecule has 2 aliphatic carbocycles. The van der Waals surface area contributed by atoms with Crippen molar-refractivity contribution in [2.24, 2.45) is 61.6 Å². The van der Waals surface area contributed by atoms with E-state index >= 15 is 0 Å². The number of nitrogens with one attached hydrogen (secondary N) is 4. The molecule has 0 radical (unpaired) electrons. The lowest BCUT2D eigenvalue weighted by molar-refractivity contribution is 0.0640. The molecule has 0 amide bonds. The van der Waals surface area contributed by atoms with E-state index in [1.54, 1.807) is 0 Å². The molecular formula is C38H60N12. The summed E-state index contributed by atoms with van der Waals surface area (Å²) in [6.45, 7) is 8.60. The van der Waals surface area contributed by atoms with E-state index in [2.05, 4.69) is 71.0 Å². The zero-order valence-electron chi connectivity index (χ0n) is 30.1. The van der Waals surface area contributed by atoms with Crippen LogP contribution in [0.1, 0.15) is 64.2 Å². The highest BCUT2D eigenvalue weighted by Gasteiger charge is 2.70. The topological polar surface area (TPSA) is 147 Å². The van der Waals surface area contributed by atoms with Gasteiger partial charge in [-0.15, -0.1) is 0 Å². The number of fused-ring (bicyclic) bond motifs is 4. The maximum Gasteiger partial charge on any atom is 0.0732 e. The normalized spacial score (nSPS) is 41.6. The van der Waals surface area contributed by atoms with Crippen LogP contribution in [0, 0.1) is 21.7 Å². The number of rotatable bonds is 0. The predicted molar refractivity (Wildman–Crippen MR) is 210 cm³/mol. The summed E-state index contributed by atoms with van der Waals surface area (Å²) in [5.74, 6) is 0. The minimum Gasteiger partial charge on any atom is -0.311 e. The minimum atomic E-state index is -0.453. The molecule has 0 aromatic carbocycles. The third-order valence-corrected chi connectivity index (χ3v) is 12.1. The van der Waals surface area contributed by atoms with E-state index in [1.165, 1.54) is 38.5 Å². The highest BCUT2D eigenvalue weighted by Crippen LogP contribution is 2.53. The Morgan fingerprint density at radius 3 is 0.660 bits per heavy atom. The van der Waals surface area contributed by atoms with Crippen molar-refractivity contribution in [2.45, 2.75) is 88.4 Å². The number of hydrogen-bond acceptors (Lipinski definition) is 12. The van der Waals surface area contributed by atoms with E-state index < -0.39 is 21.7 Å². The third-order valence-electron chi connectivity index (χ3n) is 12.1. The fourth-order valence-electron chi connectivity index (χ4n) is 9.74. The molecule has 2 saturated heterocycles. The Hall–Kier alpha value is -2.80. The first-order valence-corrected chi connectivity index (χ1v) is 19.8. The Balaban J connectivity index is 1.37. The van der Waals surface area contributed by atoms with Crippen LogP contribution < -0.4 is 21.3 Å². The molecular weight excluding hydrogens is 625 g/mol. The van der Waals surface area contributed by atoms with Crippen LogP contribution in [0.25, 0.3) is 0 Å². The Kier molecular flexibility index (Phi) is 11.9. The van der Waals surface area contributed by atoms with Gasteiger partial charge in [0, 0.05) is 73.9 Å². The van der Waals surface area contributed by atoms with Crippen LogP contribution in [-0.2, 0) is 0 Å². The van der Waals surface area contributed by atoms with Crippen molar-refractivity contribution >= 4 is 49.7 Å². The van der Waals surface area contributed by atoms with Gasteiger partial charge in [0.1, 0.15) is 0 Å². The zero-order chi connectivity index (χ0) is 34.0. The second kappa shape index (κ2) is 16.7. The predicted octanol–water partition coefficient (Wildman–Crippen LogP) is 2.33. The number of hydrogen-bond donors (Lipinski definition) is 4. The summed E-state index contributed by atoms with van der Waals surface area (Å²) in [6, 6.07) is -0.0173. The molecule has 4 fully saturated rings. The van der Waals surface area contributed by atoms with E-state index in [0.29, 0.717) is 52.4 Å². The van der Waals surface area contributed by atoms with Gasteiger partial charge < -0.3 is 21.3 Å². The summed E-state index contributed by atoms with van der Waals surface area (Å²) in [6.07, 6.45) is 29.5. The highest BCUT2D eigenvalue weighted by atomic mass is 15.2. The largest absolute Gasteiger partial charge is 0.311 e. The van der Waals surface area contributed by atoms with E-state index in [0.717, 1.165) is 51.9 Å². The average Bonchev–Trinajstić information content (AvgIpc) is 3.10. The zero-order valence-corrected chi connectivity index (χ0v) is 30.1. The lowest BCUT2D eigenvalue weighted by Crippen LogP contribution is -2.83. The molecule has 0 aromatic heterocycles. The molecule has 12 nitrogen and oxygen atoms in total. The number of nitrogens with zero attached hydrogens (tertiary/aromatic N) is 8. The van der Waals surface area contributed by atoms with Gasteiger partial charge in [-0.25, -0.2) is 0 Å². The van der Waals surface area contributed by atoms with E-state index in [-0.39, 0.29) is 24.2 Å². The maximum absolute atomic E-state index is 5.14. The first kappa shape index (κ1) is 35.6. The fourth-order valence-corrected chi connectivity index (χ4v) is 9.74. The van der Waals surface area contributed by atoms with Crippen LogP contribution >= 0.6 is 0 Å². The standard InChI is InChI=1S/C38H60N12/c1-3-7-11-47-31-35-23-39-15-19-43-27-37(28-44-20-16-40-24-35)33-38(34(37)50-14-10-6-2-5-9-13-49-33)29-45-21-17-41-25-36(31,26-42-18-22-46-30-38)32(35)48-12-8-4-1/h23-34,47-50H,1-22H2. The van der Waals surface area contributed by atoms with Crippen molar-refractivity contribution in [2.75, 3.05) is 78.5 Å². The first-order valence-electron chi connectivity index (χ1n) is 19.8. The van der Waals surface area contributed by atoms with E-state index in [4.69, 9.17) is 39.9 Å². The Bertz CT molecular complexity index is 1080. The maximum atomic E-state index is 5.14. The highest BCUT2D eigenvalue weighted by molar-refractivity contribution is 6.06. The number of aliphatic imine (C=N–C) groups is 8. The van der Waals surface area contributed by atoms with Crippen LogP contribution in [-0.4, -0.2) is 152 Å². The quantitative estimate of drug-likeness (QED) is 0.310. The molecule has 50 heavy (non-hydrogen) atoms. The van der Waals surface area contributed by atoms with Gasteiger partial charge in [0.2, 0.25) is 0 Å². The molecule has 4 N–H and O–H groups in total. The second-order valence-corrected chi connectivity index (χ2v) is 15.4. The van der Waals surface area contributed by atoms with Crippen LogP contribution in [0.3, 0.4) is 0 Å². The van der Waals surface area contributed by atoms with Gasteiger partial charge in [-0.2, -0.15) is 0 Å². The smallest absolute Gasteiger partial charge is 0.0732 e. The van der Waals surface area contributed by atoms with Crippen molar-refractivity contribution in [1.29, 1.82) is 0 Å². The molecule has 4 bridgehead atoms. The van der Waals surface area contributed by atoms with Gasteiger partial charge in [0.25, 0.3) is 0 Å². The first-order chi connectivity index (χ1) is 24.8. The fraction of sp³-hybridized carbons (Fsp3) is 0.789. The van der Waals surface area contributed by atoms with Crippen molar-refractivity contribution in [3.63, 3.8) is 0 Å². The molecule has 4 heterocycles. The van der Waals surface area contributed by atoms with E-state index in [1.807, 2.05) is 0 Å². The van der Waals surface area contributed by atoms with Gasteiger partial charge in [-0.05, 0) is 51.9 Å². The van der Waals surface area contributed by atoms with Gasteiger partial charge in [-0.1, -0.05) is 38.5 Å². The van der Waals surface area contributed by atoms with Gasteiger partial charge in [-0.3, -0.25) is 39.9 Å². The molecule has 0 atom stereocenters. The van der Waals surface area contributed by atoms with Crippen LogP contribution in [0.15, 0.2) is 39.9 Å². The Labute approximate surface area is 299 Å². The SMILES string of the molecule is C1=NCCN=CC23C=NCCN=CC14C1NCCCCCCCNC4C14C=NCCN=CC1(C=NCCN=C4)C2NCCCCCCCNC31. The lowest BCUT2D eigenvalue weighted by Gasteiger charge is -2.64. The third kappa shape index (κ3) is 6.89. The summed E-state index contributed by atoms with van der Waals surface area (Å²) < 4.78 is 0. The van der Waals surface area contributed by atoms with Gasteiger partial charge in [0.05, 0.1) is 74.0 Å². The summed E-state index contributed by atoms with van der Waals surface area (Å²) in [5, 5.41) is 16.0.